The fourth-order valence-corrected chi connectivity index (χ4v) is 11.3. The summed E-state index contributed by atoms with van der Waals surface area (Å²) < 4.78 is 2.93. The number of fused-ring (bicyclic) bond motifs is 1. The van der Waals surface area contributed by atoms with E-state index in [9.17, 15) is 0 Å². The molecular weight excluding hydrogens is 609 g/mol. The van der Waals surface area contributed by atoms with Crippen molar-refractivity contribution in [1.82, 2.24) is 0 Å². The molecule has 244 valence electrons. The molecule has 0 unspecified atom stereocenters. The Balaban J connectivity index is 1.31. The first-order valence-electron chi connectivity index (χ1n) is 18.3. The van der Waals surface area contributed by atoms with Gasteiger partial charge in [-0.15, -0.1) is 45.3 Å². The summed E-state index contributed by atoms with van der Waals surface area (Å²) in [5.41, 5.74) is 3.19. The van der Waals surface area contributed by atoms with Crippen LogP contribution in [0.5, 0.6) is 0 Å². The molecule has 0 aliphatic rings. The lowest BCUT2D eigenvalue weighted by atomic mass is 10.0. The molecule has 4 rings (SSSR count). The van der Waals surface area contributed by atoms with Crippen LogP contribution >= 0.6 is 45.3 Å². The topological polar surface area (TPSA) is 0 Å². The van der Waals surface area contributed by atoms with Gasteiger partial charge in [0.1, 0.15) is 0 Å². The second-order valence-electron chi connectivity index (χ2n) is 13.2. The van der Waals surface area contributed by atoms with Crippen molar-refractivity contribution < 1.29 is 0 Å². The van der Waals surface area contributed by atoms with Crippen molar-refractivity contribution in [1.29, 1.82) is 0 Å². The number of aryl methyl sites for hydroxylation is 4. The van der Waals surface area contributed by atoms with Gasteiger partial charge in [-0.05, 0) is 74.9 Å². The fourth-order valence-electron chi connectivity index (χ4n) is 6.51. The fraction of sp³-hybridized carbons (Fsp3) is 0.650. The first kappa shape index (κ1) is 35.9. The lowest BCUT2D eigenvalue weighted by Crippen LogP contribution is -1.87. The van der Waals surface area contributed by atoms with Gasteiger partial charge in [0.15, 0.2) is 0 Å². The highest BCUT2D eigenvalue weighted by Gasteiger charge is 2.17. The molecule has 0 amide bonds. The molecule has 0 fully saturated rings. The molecule has 0 nitrogen and oxygen atoms in total. The molecule has 0 bridgehead atoms. The SMILES string of the molecule is CCCCCCCCCCCCc1cc(-c2cc(CCCCCCCCCCCC)c(-c3cc4sc(C)cc4s3)s2)sc1C. The van der Waals surface area contributed by atoms with Gasteiger partial charge in [-0.25, -0.2) is 0 Å². The monoisotopic (exact) mass is 668 g/mol. The van der Waals surface area contributed by atoms with E-state index in [2.05, 4.69) is 63.3 Å². The van der Waals surface area contributed by atoms with Crippen LogP contribution in [0.4, 0.5) is 0 Å². The lowest BCUT2D eigenvalue weighted by Gasteiger charge is -2.04. The molecule has 0 atom stereocenters. The van der Waals surface area contributed by atoms with Crippen LogP contribution in [-0.2, 0) is 12.8 Å². The minimum atomic E-state index is 1.22. The summed E-state index contributed by atoms with van der Waals surface area (Å²) in [5, 5.41) is 0. The van der Waals surface area contributed by atoms with E-state index >= 15 is 0 Å². The molecule has 4 heterocycles. The van der Waals surface area contributed by atoms with E-state index < -0.39 is 0 Å². The quantitative estimate of drug-likeness (QED) is 0.0652. The average Bonchev–Trinajstić information content (AvgIpc) is 3.77. The van der Waals surface area contributed by atoms with Gasteiger partial charge in [-0.1, -0.05) is 129 Å². The number of hydrogen-bond donors (Lipinski definition) is 0. The largest absolute Gasteiger partial charge is 0.140 e. The molecule has 0 aromatic carbocycles. The summed E-state index contributed by atoms with van der Waals surface area (Å²) >= 11 is 8.06. The minimum absolute atomic E-state index is 1.22. The zero-order valence-electron chi connectivity index (χ0n) is 28.5. The summed E-state index contributed by atoms with van der Waals surface area (Å²) in [7, 11) is 0. The van der Waals surface area contributed by atoms with Crippen LogP contribution in [-0.4, -0.2) is 0 Å². The standard InChI is InChI=1S/C40H60S4/c1-5-7-9-11-13-15-17-19-21-23-25-33-28-36(42-32(33)4)37-29-34(26-24-22-20-18-16-14-12-10-8-6-2)40(44-37)39-30-38-35(43-39)27-31(3)41-38/h27-30H,5-26H2,1-4H3. The molecule has 4 aromatic heterocycles. The summed E-state index contributed by atoms with van der Waals surface area (Å²) in [5.74, 6) is 0. The van der Waals surface area contributed by atoms with Gasteiger partial charge in [-0.2, -0.15) is 0 Å². The van der Waals surface area contributed by atoms with Crippen molar-refractivity contribution in [3.05, 3.63) is 45.1 Å². The third kappa shape index (κ3) is 11.7. The average molecular weight is 669 g/mol. The Morgan fingerprint density at radius 2 is 0.864 bits per heavy atom. The van der Waals surface area contributed by atoms with E-state index in [4.69, 9.17) is 0 Å². The predicted octanol–water partition coefficient (Wildman–Crippen LogP) is 16.0. The first-order chi connectivity index (χ1) is 21.6. The molecule has 0 aliphatic carbocycles. The van der Waals surface area contributed by atoms with Gasteiger partial charge in [0.05, 0.1) is 0 Å². The molecule has 0 radical (unpaired) electrons. The van der Waals surface area contributed by atoms with E-state index in [-0.39, 0.29) is 0 Å². The van der Waals surface area contributed by atoms with Crippen LogP contribution in [0.1, 0.15) is 163 Å². The second-order valence-corrected chi connectivity index (χ2v) is 17.9. The maximum absolute atomic E-state index is 2.57. The van der Waals surface area contributed by atoms with Crippen LogP contribution in [0.25, 0.3) is 28.9 Å². The van der Waals surface area contributed by atoms with Gasteiger partial charge in [0.2, 0.25) is 0 Å². The maximum atomic E-state index is 2.57. The van der Waals surface area contributed by atoms with Gasteiger partial charge < -0.3 is 0 Å². The Labute approximate surface area is 286 Å². The third-order valence-corrected chi connectivity index (χ3v) is 14.1. The molecular formula is C40H60S4. The summed E-state index contributed by atoms with van der Waals surface area (Å²) in [4.78, 5) is 9.00. The highest BCUT2D eigenvalue weighted by atomic mass is 32.1. The van der Waals surface area contributed by atoms with Crippen LogP contribution in [0, 0.1) is 13.8 Å². The Kier molecular flexibility index (Phi) is 16.6. The van der Waals surface area contributed by atoms with Crippen molar-refractivity contribution in [2.75, 3.05) is 0 Å². The Hall–Kier alpha value is -0.940. The van der Waals surface area contributed by atoms with Crippen molar-refractivity contribution >= 4 is 54.7 Å². The highest BCUT2D eigenvalue weighted by Crippen LogP contribution is 2.46. The van der Waals surface area contributed by atoms with Crippen LogP contribution in [0.2, 0.25) is 0 Å². The van der Waals surface area contributed by atoms with E-state index in [1.165, 1.54) is 175 Å². The third-order valence-electron chi connectivity index (χ3n) is 9.23. The Morgan fingerprint density at radius 1 is 0.409 bits per heavy atom. The molecule has 0 N–H and O–H groups in total. The van der Waals surface area contributed by atoms with Crippen LogP contribution in [0.3, 0.4) is 0 Å². The summed E-state index contributed by atoms with van der Waals surface area (Å²) in [6.07, 6.45) is 30.6. The Morgan fingerprint density at radius 3 is 1.41 bits per heavy atom. The number of rotatable bonds is 24. The number of hydrogen-bond acceptors (Lipinski definition) is 4. The summed E-state index contributed by atoms with van der Waals surface area (Å²) in [6, 6.07) is 9.98. The van der Waals surface area contributed by atoms with Gasteiger partial charge in [0, 0.05) is 38.7 Å². The summed E-state index contributed by atoms with van der Waals surface area (Å²) in [6.45, 7) is 9.21. The normalized spacial score (nSPS) is 11.8. The van der Waals surface area contributed by atoms with Crippen molar-refractivity contribution in [2.45, 2.75) is 169 Å². The molecule has 44 heavy (non-hydrogen) atoms. The van der Waals surface area contributed by atoms with Gasteiger partial charge in [0.25, 0.3) is 0 Å². The molecule has 0 saturated heterocycles. The lowest BCUT2D eigenvalue weighted by molar-refractivity contribution is 0.556. The highest BCUT2D eigenvalue weighted by molar-refractivity contribution is 7.32. The van der Waals surface area contributed by atoms with Crippen molar-refractivity contribution in [2.24, 2.45) is 0 Å². The van der Waals surface area contributed by atoms with E-state index in [1.807, 2.05) is 34.0 Å². The zero-order chi connectivity index (χ0) is 31.0. The molecule has 4 aromatic rings. The van der Waals surface area contributed by atoms with Crippen LogP contribution < -0.4 is 0 Å². The molecule has 0 aliphatic heterocycles. The second kappa shape index (κ2) is 20.3. The maximum Gasteiger partial charge on any atom is 0.0482 e. The molecule has 4 heteroatoms. The number of thiophene rings is 4. The zero-order valence-corrected chi connectivity index (χ0v) is 31.8. The van der Waals surface area contributed by atoms with Gasteiger partial charge >= 0.3 is 0 Å². The predicted molar refractivity (Wildman–Crippen MR) is 207 cm³/mol. The first-order valence-corrected chi connectivity index (χ1v) is 21.6. The number of unbranched alkanes of at least 4 members (excludes halogenated alkanes) is 18. The van der Waals surface area contributed by atoms with Crippen molar-refractivity contribution in [3.63, 3.8) is 0 Å². The van der Waals surface area contributed by atoms with E-state index in [0.717, 1.165) is 0 Å². The van der Waals surface area contributed by atoms with E-state index in [0.29, 0.717) is 0 Å². The molecule has 0 spiro atoms. The molecule has 0 saturated carbocycles. The Bertz CT molecular complexity index is 1300. The van der Waals surface area contributed by atoms with Crippen molar-refractivity contribution in [3.8, 4) is 19.5 Å². The van der Waals surface area contributed by atoms with Gasteiger partial charge in [-0.3, -0.25) is 0 Å². The smallest absolute Gasteiger partial charge is 0.0482 e. The van der Waals surface area contributed by atoms with Crippen LogP contribution in [0.15, 0.2) is 24.3 Å². The van der Waals surface area contributed by atoms with E-state index in [1.54, 1.807) is 16.0 Å². The minimum Gasteiger partial charge on any atom is -0.140 e.